The van der Waals surface area contributed by atoms with Crippen LogP contribution in [-0.4, -0.2) is 133 Å². The number of nitrogens with one attached hydrogen (secondary N) is 2. The third kappa shape index (κ3) is 14.1. The van der Waals surface area contributed by atoms with E-state index in [-0.39, 0.29) is 58.9 Å². The number of aromatic nitrogens is 4. The molecule has 0 aliphatic carbocycles. The van der Waals surface area contributed by atoms with Crippen LogP contribution in [0.15, 0.2) is 36.9 Å². The molecule has 2 amide bonds. The lowest BCUT2D eigenvalue weighted by atomic mass is 9.87. The number of thioether (sulfide) groups is 1. The number of carbonyl (C=O) groups is 3. The lowest BCUT2D eigenvalue weighted by Gasteiger charge is -2.30. The smallest absolute Gasteiger partial charge is 0.481 e. The summed E-state index contributed by atoms with van der Waals surface area (Å²) >= 11 is 0.881. The fourth-order valence-electron chi connectivity index (χ4n) is 5.16. The van der Waals surface area contributed by atoms with Crippen LogP contribution in [0.4, 0.5) is 5.82 Å². The van der Waals surface area contributed by atoms with Gasteiger partial charge < -0.3 is 61.1 Å². The van der Waals surface area contributed by atoms with E-state index in [1.807, 2.05) is 0 Å². The lowest BCUT2D eigenvalue weighted by Crippen LogP contribution is -2.46. The molecule has 1 aliphatic heterocycles. The molecule has 12 N–H and O–H groups in total. The minimum atomic E-state index is -5.59. The summed E-state index contributed by atoms with van der Waals surface area (Å²) in [5, 5.41) is 45.0. The predicted molar refractivity (Wildman–Crippen MR) is 206 cm³/mol. The zero-order valence-corrected chi connectivity index (χ0v) is 34.9. The quantitative estimate of drug-likeness (QED) is 0.0374. The largest absolute Gasteiger partial charge is 0.508 e. The Morgan fingerprint density at radius 2 is 1.75 bits per heavy atom. The molecule has 2 aromatic heterocycles. The summed E-state index contributed by atoms with van der Waals surface area (Å²) in [7, 11) is -16.5. The minimum absolute atomic E-state index is 0.0196. The van der Waals surface area contributed by atoms with Gasteiger partial charge in [0.05, 0.1) is 19.5 Å². The number of carbonyl (C=O) groups excluding carboxylic acids is 3. The molecular weight excluding hydrogens is 887 g/mol. The van der Waals surface area contributed by atoms with E-state index in [0.717, 1.165) is 35.0 Å². The van der Waals surface area contributed by atoms with Gasteiger partial charge in [-0.05, 0) is 24.3 Å². The molecule has 7 atom stereocenters. The minimum Gasteiger partial charge on any atom is -0.508 e. The van der Waals surface area contributed by atoms with Crippen LogP contribution < -0.4 is 16.4 Å². The molecule has 3 aromatic rings. The van der Waals surface area contributed by atoms with Crippen LogP contribution >= 0.6 is 35.2 Å². The fourth-order valence-corrected chi connectivity index (χ4v) is 8.56. The third-order valence-electron chi connectivity index (χ3n) is 8.16. The first-order valence-corrected chi connectivity index (χ1v) is 22.6. The number of phosphoric acid groups is 3. The Balaban J connectivity index is 1.20. The number of hydrogen-bond donors (Lipinski definition) is 11. The van der Waals surface area contributed by atoms with Crippen molar-refractivity contribution < 1.29 is 90.7 Å². The van der Waals surface area contributed by atoms with Crippen molar-refractivity contribution in [3.8, 4) is 11.5 Å². The van der Waals surface area contributed by atoms with Gasteiger partial charge in [0.25, 0.3) is 0 Å². The fraction of sp³-hybridized carbons (Fsp3) is 0.467. The molecule has 2 unspecified atom stereocenters. The Hall–Kier alpha value is -3.88. The van der Waals surface area contributed by atoms with Gasteiger partial charge in [0.15, 0.2) is 17.7 Å². The third-order valence-corrected chi connectivity index (χ3v) is 12.1. The number of nitrogens with two attached hydrogens (primary N) is 1. The first kappa shape index (κ1) is 48.8. The van der Waals surface area contributed by atoms with E-state index in [9.17, 15) is 68.1 Å². The summed E-state index contributed by atoms with van der Waals surface area (Å²) in [5.74, 6) is -1.74. The van der Waals surface area contributed by atoms with Crippen LogP contribution in [0.2, 0.25) is 0 Å². The number of anilines is 1. The normalized spacial score (nSPS) is 21.1. The number of phenolic OH excluding ortho intramolecular Hbond substituents is 2. The van der Waals surface area contributed by atoms with Gasteiger partial charge in [0.1, 0.15) is 47.8 Å². The number of hydrogen-bond acceptors (Lipinski definition) is 20. The van der Waals surface area contributed by atoms with Crippen molar-refractivity contribution in [3.05, 3.63) is 42.5 Å². The topological polar surface area (TPSA) is 404 Å². The van der Waals surface area contributed by atoms with E-state index >= 15 is 0 Å². The molecule has 0 spiro atoms. The van der Waals surface area contributed by atoms with Crippen molar-refractivity contribution in [1.82, 2.24) is 30.2 Å². The molecule has 60 heavy (non-hydrogen) atoms. The maximum Gasteiger partial charge on any atom is 0.481 e. The maximum absolute atomic E-state index is 12.7. The Kier molecular flexibility index (Phi) is 16.5. The molecule has 30 heteroatoms. The number of nitrogen functional groups attached to an aromatic ring is 1. The molecule has 4 rings (SSSR count). The average molecular weight is 930 g/mol. The summed E-state index contributed by atoms with van der Waals surface area (Å²) in [4.78, 5) is 87.8. The number of phosphoric ester groups is 3. The molecule has 3 heterocycles. The van der Waals surface area contributed by atoms with E-state index < -0.39 is 84.6 Å². The molecular formula is C30H42N7O19P3S. The van der Waals surface area contributed by atoms with Crippen molar-refractivity contribution in [1.29, 1.82) is 0 Å². The van der Waals surface area contributed by atoms with Crippen molar-refractivity contribution in [2.24, 2.45) is 5.41 Å². The average Bonchev–Trinajstić information content (AvgIpc) is 3.71. The lowest BCUT2D eigenvalue weighted by molar-refractivity contribution is -0.137. The van der Waals surface area contributed by atoms with Crippen LogP contribution in [0.1, 0.15) is 32.1 Å². The maximum atomic E-state index is 12.7. The number of rotatable bonds is 21. The summed E-state index contributed by atoms with van der Waals surface area (Å²) in [5.41, 5.74) is 4.52. The Bertz CT molecular complexity index is 2210. The number of fused-ring (bicyclic) bond motifs is 1. The van der Waals surface area contributed by atoms with E-state index in [4.69, 9.17) is 19.5 Å². The molecule has 1 fully saturated rings. The van der Waals surface area contributed by atoms with Crippen molar-refractivity contribution >= 4 is 75.2 Å². The van der Waals surface area contributed by atoms with Crippen molar-refractivity contribution in [2.45, 2.75) is 50.9 Å². The Morgan fingerprint density at radius 1 is 1.05 bits per heavy atom. The highest BCUT2D eigenvalue weighted by molar-refractivity contribution is 8.14. The number of amides is 2. The first-order chi connectivity index (χ1) is 27.9. The molecule has 0 radical (unpaired) electrons. The second-order valence-electron chi connectivity index (χ2n) is 13.3. The molecule has 0 saturated carbocycles. The standard InChI is InChI=1S/C30H42N7O19P3S/c1-30(2,25(43)28(44)33-8-7-20(40)32-9-10-60-21(41)6-4-16-3-5-17(38)11-18(16)39)13-53-59(50,51)56-58(48,49)52-12-19-24(55-57(45,46)47)23(42)29(54-19)37-15-36-22-26(31)34-14-35-27(22)37/h3-6,11,14-15,19,23-25,29,38-39,42-43H,7-10,12-13H2,1-2H3,(H,32,40)(H,33,44)(H,48,49)(H,50,51)(H2,31,34,35)(H2,45,46,47)/b6-4+/t19-,23-,24-,25+,29-/m1/s1. The van der Waals surface area contributed by atoms with Gasteiger partial charge in [0, 0.05) is 42.3 Å². The van der Waals surface area contributed by atoms with Crippen LogP contribution in [-0.2, 0) is 50.7 Å². The van der Waals surface area contributed by atoms with E-state index in [2.05, 4.69) is 34.4 Å². The molecule has 1 aliphatic rings. The highest BCUT2D eigenvalue weighted by Crippen LogP contribution is 2.61. The van der Waals surface area contributed by atoms with Crippen molar-refractivity contribution in [2.75, 3.05) is 37.8 Å². The number of aliphatic hydroxyl groups excluding tert-OH is 2. The highest BCUT2D eigenvalue weighted by atomic mass is 32.2. The van der Waals surface area contributed by atoms with Gasteiger partial charge in [0.2, 0.25) is 16.9 Å². The van der Waals surface area contributed by atoms with Gasteiger partial charge in [-0.15, -0.1) is 0 Å². The van der Waals surface area contributed by atoms with Gasteiger partial charge in [-0.1, -0.05) is 25.6 Å². The van der Waals surface area contributed by atoms with Crippen LogP contribution in [0.3, 0.4) is 0 Å². The van der Waals surface area contributed by atoms with Crippen molar-refractivity contribution in [3.63, 3.8) is 0 Å². The Labute approximate surface area is 343 Å². The molecule has 0 bridgehead atoms. The number of phenols is 2. The number of benzene rings is 1. The summed E-state index contributed by atoms with van der Waals surface area (Å²) in [6, 6.07) is 3.87. The number of aromatic hydroxyl groups is 2. The number of ether oxygens (including phenoxy) is 1. The van der Waals surface area contributed by atoms with Gasteiger partial charge in [-0.3, -0.25) is 32.5 Å². The van der Waals surface area contributed by atoms with E-state index in [1.54, 1.807) is 0 Å². The molecule has 26 nitrogen and oxygen atoms in total. The van der Waals surface area contributed by atoms with Gasteiger partial charge in [-0.2, -0.15) is 4.31 Å². The van der Waals surface area contributed by atoms with Crippen LogP contribution in [0, 0.1) is 5.41 Å². The highest BCUT2D eigenvalue weighted by Gasteiger charge is 2.50. The number of nitrogens with zero attached hydrogens (tertiary/aromatic N) is 4. The number of aliphatic hydroxyl groups is 2. The SMILES string of the molecule is CC(C)(COP(=O)(O)OP(=O)(O)OC[C@H]1O[C@@H](n2cnc3c(N)ncnc32)[C@H](O)[C@@H]1OP(=O)(O)O)[C@@H](O)C(=O)NCCC(=O)NCCSC(=O)/C=C/c1ccc(O)cc1O. The summed E-state index contributed by atoms with van der Waals surface area (Å²) < 4.78 is 62.1. The summed E-state index contributed by atoms with van der Waals surface area (Å²) in [6.45, 7) is 0.228. The van der Waals surface area contributed by atoms with Crippen LogP contribution in [0.25, 0.3) is 17.2 Å². The van der Waals surface area contributed by atoms with E-state index in [0.29, 0.717) is 5.56 Å². The molecule has 332 valence electrons. The predicted octanol–water partition coefficient (Wildman–Crippen LogP) is -0.211. The van der Waals surface area contributed by atoms with Crippen LogP contribution in [0.5, 0.6) is 11.5 Å². The zero-order chi connectivity index (χ0) is 44.6. The molecule has 1 saturated heterocycles. The number of imidazole rings is 1. The molecule has 1 aromatic carbocycles. The first-order valence-electron chi connectivity index (χ1n) is 17.1. The Morgan fingerprint density at radius 3 is 2.43 bits per heavy atom. The second kappa shape index (κ2) is 20.3. The van der Waals surface area contributed by atoms with Gasteiger partial charge in [-0.25, -0.2) is 28.6 Å². The second-order valence-corrected chi connectivity index (χ2v) is 18.6. The zero-order valence-electron chi connectivity index (χ0n) is 31.4. The van der Waals surface area contributed by atoms with E-state index in [1.165, 1.54) is 38.1 Å². The van der Waals surface area contributed by atoms with Gasteiger partial charge >= 0.3 is 23.5 Å². The summed E-state index contributed by atoms with van der Waals surface area (Å²) in [6.07, 6.45) is -4.53. The monoisotopic (exact) mass is 929 g/mol.